The predicted molar refractivity (Wildman–Crippen MR) is 85.6 cm³/mol. The zero-order chi connectivity index (χ0) is 13.8. The Balaban J connectivity index is 2.15. The number of halogens is 2. The molecule has 0 atom stereocenters. The van der Waals surface area contributed by atoms with Crippen molar-refractivity contribution >= 4 is 33.2 Å². The van der Waals surface area contributed by atoms with Crippen molar-refractivity contribution in [3.8, 4) is 0 Å². The number of nitrogens with two attached hydrogens (primary N) is 1. The van der Waals surface area contributed by atoms with E-state index in [-0.39, 0.29) is 0 Å². The molecule has 2 rings (SSSR count). The van der Waals surface area contributed by atoms with Gasteiger partial charge in [-0.2, -0.15) is 0 Å². The van der Waals surface area contributed by atoms with E-state index in [1.807, 2.05) is 37.4 Å². The quantitative estimate of drug-likeness (QED) is 0.904. The molecule has 0 aliphatic rings. The van der Waals surface area contributed by atoms with Crippen molar-refractivity contribution in [1.82, 2.24) is 0 Å². The minimum Gasteiger partial charge on any atom is -0.369 e. The zero-order valence-electron chi connectivity index (χ0n) is 10.7. The molecule has 0 bridgehead atoms. The third-order valence-electron chi connectivity index (χ3n) is 2.99. The van der Waals surface area contributed by atoms with Crippen molar-refractivity contribution in [2.24, 2.45) is 5.73 Å². The van der Waals surface area contributed by atoms with E-state index in [0.29, 0.717) is 6.54 Å². The minimum absolute atomic E-state index is 0.510. The Bertz CT molecular complexity index is 555. The largest absolute Gasteiger partial charge is 0.369 e. The first-order valence-corrected chi connectivity index (χ1v) is 7.21. The van der Waals surface area contributed by atoms with Crippen molar-refractivity contribution in [3.63, 3.8) is 0 Å². The minimum atomic E-state index is 0.510. The lowest BCUT2D eigenvalue weighted by Gasteiger charge is -2.21. The molecule has 0 aliphatic carbocycles. The summed E-state index contributed by atoms with van der Waals surface area (Å²) in [7, 11) is 2.03. The second-order valence-corrected chi connectivity index (χ2v) is 5.80. The highest BCUT2D eigenvalue weighted by Crippen LogP contribution is 2.27. The van der Waals surface area contributed by atoms with E-state index < -0.39 is 0 Å². The molecule has 0 saturated heterocycles. The predicted octanol–water partition coefficient (Wildman–Crippen LogP) is 4.20. The molecule has 0 saturated carbocycles. The SMILES string of the molecule is CN(Cc1ccc(Br)cc1)c1ccc(CN)cc1Cl. The number of anilines is 1. The van der Waals surface area contributed by atoms with Crippen LogP contribution in [0.2, 0.25) is 5.02 Å². The molecule has 0 amide bonds. The van der Waals surface area contributed by atoms with Gasteiger partial charge in [0.1, 0.15) is 0 Å². The average molecular weight is 340 g/mol. The highest BCUT2D eigenvalue weighted by atomic mass is 79.9. The van der Waals surface area contributed by atoms with Gasteiger partial charge in [0.15, 0.2) is 0 Å². The van der Waals surface area contributed by atoms with Gasteiger partial charge in [0.2, 0.25) is 0 Å². The molecule has 0 aromatic heterocycles. The smallest absolute Gasteiger partial charge is 0.0642 e. The molecule has 100 valence electrons. The Morgan fingerprint density at radius 3 is 2.32 bits per heavy atom. The highest BCUT2D eigenvalue weighted by molar-refractivity contribution is 9.10. The standard InChI is InChI=1S/C15H16BrClN2/c1-19(10-11-2-5-13(16)6-3-11)15-7-4-12(9-18)8-14(15)17/h2-8H,9-10,18H2,1H3. The van der Waals surface area contributed by atoms with Gasteiger partial charge < -0.3 is 10.6 Å². The lowest BCUT2D eigenvalue weighted by Crippen LogP contribution is -2.16. The summed E-state index contributed by atoms with van der Waals surface area (Å²) in [6, 6.07) is 14.2. The van der Waals surface area contributed by atoms with Crippen LogP contribution in [0.25, 0.3) is 0 Å². The van der Waals surface area contributed by atoms with E-state index in [2.05, 4.69) is 33.0 Å². The molecule has 0 radical (unpaired) electrons. The lowest BCUT2D eigenvalue weighted by molar-refractivity contribution is 0.921. The third kappa shape index (κ3) is 3.72. The fourth-order valence-corrected chi connectivity index (χ4v) is 2.55. The van der Waals surface area contributed by atoms with E-state index in [1.54, 1.807) is 0 Å². The second-order valence-electron chi connectivity index (χ2n) is 4.47. The first-order chi connectivity index (χ1) is 9.10. The maximum atomic E-state index is 6.29. The molecule has 0 unspecified atom stereocenters. The third-order valence-corrected chi connectivity index (χ3v) is 3.82. The highest BCUT2D eigenvalue weighted by Gasteiger charge is 2.07. The summed E-state index contributed by atoms with van der Waals surface area (Å²) < 4.78 is 1.09. The lowest BCUT2D eigenvalue weighted by atomic mass is 10.1. The van der Waals surface area contributed by atoms with E-state index >= 15 is 0 Å². The van der Waals surface area contributed by atoms with Gasteiger partial charge in [-0.3, -0.25) is 0 Å². The van der Waals surface area contributed by atoms with Gasteiger partial charge in [-0.05, 0) is 35.4 Å². The molecular weight excluding hydrogens is 324 g/mol. The van der Waals surface area contributed by atoms with Crippen molar-refractivity contribution < 1.29 is 0 Å². The van der Waals surface area contributed by atoms with E-state index in [4.69, 9.17) is 17.3 Å². The summed E-state index contributed by atoms with van der Waals surface area (Å²) in [5.41, 5.74) is 8.91. The maximum Gasteiger partial charge on any atom is 0.0642 e. The van der Waals surface area contributed by atoms with Crippen LogP contribution in [-0.4, -0.2) is 7.05 Å². The van der Waals surface area contributed by atoms with Crippen LogP contribution in [0.3, 0.4) is 0 Å². The van der Waals surface area contributed by atoms with Gasteiger partial charge >= 0.3 is 0 Å². The van der Waals surface area contributed by atoms with Gasteiger partial charge in [-0.25, -0.2) is 0 Å². The molecule has 0 spiro atoms. The number of nitrogens with zero attached hydrogens (tertiary/aromatic N) is 1. The van der Waals surface area contributed by atoms with E-state index in [0.717, 1.165) is 27.3 Å². The van der Waals surface area contributed by atoms with Crippen LogP contribution in [0, 0.1) is 0 Å². The van der Waals surface area contributed by atoms with Crippen LogP contribution in [0.5, 0.6) is 0 Å². The molecule has 2 aromatic carbocycles. The number of benzene rings is 2. The number of hydrogen-bond acceptors (Lipinski definition) is 2. The Morgan fingerprint density at radius 2 is 1.74 bits per heavy atom. The Kier molecular flexibility index (Phi) is 4.86. The molecule has 19 heavy (non-hydrogen) atoms. The molecule has 2 aromatic rings. The fourth-order valence-electron chi connectivity index (χ4n) is 1.94. The summed E-state index contributed by atoms with van der Waals surface area (Å²) in [6.45, 7) is 1.32. The van der Waals surface area contributed by atoms with Crippen LogP contribution in [0.1, 0.15) is 11.1 Å². The monoisotopic (exact) mass is 338 g/mol. The normalized spacial score (nSPS) is 10.5. The molecule has 0 heterocycles. The Labute approximate surface area is 127 Å². The first kappa shape index (κ1) is 14.4. The molecule has 2 nitrogen and oxygen atoms in total. The molecule has 4 heteroatoms. The zero-order valence-corrected chi connectivity index (χ0v) is 13.1. The van der Waals surface area contributed by atoms with Crippen LogP contribution >= 0.6 is 27.5 Å². The average Bonchev–Trinajstić information content (AvgIpc) is 2.41. The summed E-state index contributed by atoms with van der Waals surface area (Å²) in [4.78, 5) is 2.13. The molecular formula is C15H16BrClN2. The topological polar surface area (TPSA) is 29.3 Å². The van der Waals surface area contributed by atoms with Crippen LogP contribution in [-0.2, 0) is 13.1 Å². The summed E-state index contributed by atoms with van der Waals surface area (Å²) in [6.07, 6.45) is 0. The van der Waals surface area contributed by atoms with Gasteiger partial charge in [-0.15, -0.1) is 0 Å². The molecule has 0 fully saturated rings. The van der Waals surface area contributed by atoms with Gasteiger partial charge in [0.25, 0.3) is 0 Å². The van der Waals surface area contributed by atoms with Gasteiger partial charge in [0, 0.05) is 24.6 Å². The van der Waals surface area contributed by atoms with Crippen molar-refractivity contribution in [3.05, 3.63) is 63.1 Å². The number of rotatable bonds is 4. The van der Waals surface area contributed by atoms with Crippen molar-refractivity contribution in [2.45, 2.75) is 13.1 Å². The van der Waals surface area contributed by atoms with E-state index in [1.165, 1.54) is 5.56 Å². The van der Waals surface area contributed by atoms with Gasteiger partial charge in [-0.1, -0.05) is 45.7 Å². The fraction of sp³-hybridized carbons (Fsp3) is 0.200. The number of hydrogen-bond donors (Lipinski definition) is 1. The first-order valence-electron chi connectivity index (χ1n) is 6.04. The van der Waals surface area contributed by atoms with Crippen LogP contribution in [0.4, 0.5) is 5.69 Å². The molecule has 2 N–H and O–H groups in total. The van der Waals surface area contributed by atoms with Crippen LogP contribution < -0.4 is 10.6 Å². The summed E-state index contributed by atoms with van der Waals surface area (Å²) in [5, 5.41) is 0.738. The van der Waals surface area contributed by atoms with Crippen LogP contribution in [0.15, 0.2) is 46.9 Å². The van der Waals surface area contributed by atoms with E-state index in [9.17, 15) is 0 Å². The maximum absolute atomic E-state index is 6.29. The van der Waals surface area contributed by atoms with Crippen molar-refractivity contribution in [1.29, 1.82) is 0 Å². The second kappa shape index (κ2) is 6.42. The molecule has 0 aliphatic heterocycles. The summed E-state index contributed by atoms with van der Waals surface area (Å²) in [5.74, 6) is 0. The van der Waals surface area contributed by atoms with Gasteiger partial charge in [0.05, 0.1) is 10.7 Å². The Morgan fingerprint density at radius 1 is 1.11 bits per heavy atom. The summed E-state index contributed by atoms with van der Waals surface area (Å²) >= 11 is 9.73. The van der Waals surface area contributed by atoms with Crippen molar-refractivity contribution in [2.75, 3.05) is 11.9 Å². The Hall–Kier alpha value is -1.03.